The number of benzene rings is 2. The Hall–Kier alpha value is -2.04. The first kappa shape index (κ1) is 16.3. The molecule has 0 spiro atoms. The lowest BCUT2D eigenvalue weighted by molar-refractivity contribution is -0.143. The molecule has 22 heavy (non-hydrogen) atoms. The molecule has 2 rings (SSSR count). The van der Waals surface area contributed by atoms with Crippen molar-refractivity contribution in [1.29, 1.82) is 0 Å². The highest BCUT2D eigenvalue weighted by Crippen LogP contribution is 2.35. The van der Waals surface area contributed by atoms with Gasteiger partial charge >= 0.3 is 5.97 Å². The lowest BCUT2D eigenvalue weighted by Gasteiger charge is -2.17. The molecule has 0 saturated heterocycles. The number of ether oxygens (including phenoxy) is 1. The average molecular weight is 337 g/mol. The van der Waals surface area contributed by atoms with E-state index in [1.807, 2.05) is 0 Å². The van der Waals surface area contributed by atoms with Crippen LogP contribution in [0.3, 0.4) is 0 Å². The zero-order valence-electron chi connectivity index (χ0n) is 11.6. The summed E-state index contributed by atoms with van der Waals surface area (Å²) in [6, 6.07) is 12.0. The highest BCUT2D eigenvalue weighted by Gasteiger charge is 2.19. The highest BCUT2D eigenvalue weighted by molar-refractivity contribution is 6.39. The summed E-state index contributed by atoms with van der Waals surface area (Å²) in [5.74, 6) is -0.570. The van der Waals surface area contributed by atoms with Gasteiger partial charge in [-0.1, -0.05) is 47.5 Å². The van der Waals surface area contributed by atoms with Crippen molar-refractivity contribution < 1.29 is 14.3 Å². The summed E-state index contributed by atoms with van der Waals surface area (Å²) in [5.41, 5.74) is 1.52. The SMILES string of the molecule is CC(=O)OC([C]=O)c1ccccc1Nc1c(Cl)cccc1Cl. The highest BCUT2D eigenvalue weighted by atomic mass is 35.5. The molecule has 0 amide bonds. The summed E-state index contributed by atoms with van der Waals surface area (Å²) in [5, 5.41) is 3.93. The first-order valence-corrected chi connectivity index (χ1v) is 7.13. The van der Waals surface area contributed by atoms with E-state index in [1.54, 1.807) is 48.8 Å². The van der Waals surface area contributed by atoms with Crippen molar-refractivity contribution in [2.75, 3.05) is 5.32 Å². The van der Waals surface area contributed by atoms with E-state index in [-0.39, 0.29) is 0 Å². The summed E-state index contributed by atoms with van der Waals surface area (Å²) in [6.07, 6.45) is 0.583. The Morgan fingerprint density at radius 3 is 2.36 bits per heavy atom. The van der Waals surface area contributed by atoms with Gasteiger partial charge in [0.25, 0.3) is 0 Å². The first-order valence-electron chi connectivity index (χ1n) is 6.37. The topological polar surface area (TPSA) is 55.4 Å². The number of anilines is 2. The molecule has 0 fully saturated rings. The number of rotatable bonds is 5. The van der Waals surface area contributed by atoms with Crippen LogP contribution in [0.1, 0.15) is 18.6 Å². The molecule has 0 bridgehead atoms. The van der Waals surface area contributed by atoms with Crippen LogP contribution in [-0.4, -0.2) is 12.3 Å². The molecule has 0 aliphatic rings. The molecule has 1 unspecified atom stereocenters. The number of esters is 1. The first-order chi connectivity index (χ1) is 10.5. The van der Waals surface area contributed by atoms with Crippen molar-refractivity contribution in [3.8, 4) is 0 Å². The number of para-hydroxylation sites is 2. The summed E-state index contributed by atoms with van der Waals surface area (Å²) < 4.78 is 4.96. The van der Waals surface area contributed by atoms with Gasteiger partial charge in [-0.25, -0.2) is 0 Å². The Labute approximate surface area is 138 Å². The van der Waals surface area contributed by atoms with Gasteiger partial charge in [0.15, 0.2) is 6.10 Å². The second-order valence-electron chi connectivity index (χ2n) is 4.42. The van der Waals surface area contributed by atoms with Gasteiger partial charge in [0.2, 0.25) is 6.29 Å². The molecule has 1 radical (unpaired) electrons. The van der Waals surface area contributed by atoms with Crippen molar-refractivity contribution in [3.05, 3.63) is 58.1 Å². The molecule has 0 saturated carbocycles. The van der Waals surface area contributed by atoms with Gasteiger partial charge in [-0.15, -0.1) is 0 Å². The minimum Gasteiger partial charge on any atom is -0.449 e. The predicted octanol–water partition coefficient (Wildman–Crippen LogP) is 4.45. The molecule has 4 nitrogen and oxygen atoms in total. The smallest absolute Gasteiger partial charge is 0.303 e. The normalized spacial score (nSPS) is 11.6. The second kappa shape index (κ2) is 7.29. The Morgan fingerprint density at radius 2 is 1.77 bits per heavy atom. The maximum absolute atomic E-state index is 11.1. The fourth-order valence-corrected chi connectivity index (χ4v) is 2.40. The summed E-state index contributed by atoms with van der Waals surface area (Å²) >= 11 is 12.2. The van der Waals surface area contributed by atoms with Crippen LogP contribution in [0.25, 0.3) is 0 Å². The average Bonchev–Trinajstić information content (AvgIpc) is 2.49. The van der Waals surface area contributed by atoms with Crippen molar-refractivity contribution in [3.63, 3.8) is 0 Å². The van der Waals surface area contributed by atoms with Crippen LogP contribution < -0.4 is 5.32 Å². The Balaban J connectivity index is 2.40. The van der Waals surface area contributed by atoms with E-state index < -0.39 is 12.1 Å². The van der Waals surface area contributed by atoms with E-state index >= 15 is 0 Å². The lowest BCUT2D eigenvalue weighted by atomic mass is 10.1. The minimum absolute atomic E-state index is 0.432. The number of carbonyl (C=O) groups is 1. The van der Waals surface area contributed by atoms with Crippen LogP contribution in [0.5, 0.6) is 0 Å². The van der Waals surface area contributed by atoms with Gasteiger partial charge in [-0.2, -0.15) is 0 Å². The third-order valence-electron chi connectivity index (χ3n) is 2.86. The summed E-state index contributed by atoms with van der Waals surface area (Å²) in [7, 11) is 0. The Morgan fingerprint density at radius 1 is 1.14 bits per heavy atom. The van der Waals surface area contributed by atoms with Gasteiger partial charge in [0.1, 0.15) is 0 Å². The Bertz CT molecular complexity index is 683. The van der Waals surface area contributed by atoms with E-state index in [1.165, 1.54) is 6.92 Å². The second-order valence-corrected chi connectivity index (χ2v) is 5.23. The quantitative estimate of drug-likeness (QED) is 0.819. The largest absolute Gasteiger partial charge is 0.449 e. The van der Waals surface area contributed by atoms with Crippen LogP contribution in [0.2, 0.25) is 10.0 Å². The maximum atomic E-state index is 11.1. The van der Waals surface area contributed by atoms with Crippen LogP contribution >= 0.6 is 23.2 Å². The molecule has 6 heteroatoms. The molecule has 113 valence electrons. The zero-order chi connectivity index (χ0) is 16.1. The van der Waals surface area contributed by atoms with Gasteiger partial charge in [-0.3, -0.25) is 9.59 Å². The number of hydrogen-bond donors (Lipinski definition) is 1. The fraction of sp³-hybridized carbons (Fsp3) is 0.125. The molecule has 2 aromatic rings. The molecular weight excluding hydrogens is 325 g/mol. The fourth-order valence-electron chi connectivity index (χ4n) is 1.91. The molecule has 0 aliphatic carbocycles. The molecule has 0 aromatic heterocycles. The third-order valence-corrected chi connectivity index (χ3v) is 3.49. The predicted molar refractivity (Wildman–Crippen MR) is 86.4 cm³/mol. The van der Waals surface area contributed by atoms with E-state index in [4.69, 9.17) is 27.9 Å². The van der Waals surface area contributed by atoms with Crippen molar-refractivity contribution in [2.45, 2.75) is 13.0 Å². The van der Waals surface area contributed by atoms with Crippen molar-refractivity contribution in [2.24, 2.45) is 0 Å². The van der Waals surface area contributed by atoms with E-state index in [0.29, 0.717) is 27.0 Å². The van der Waals surface area contributed by atoms with Crippen molar-refractivity contribution >= 4 is 46.8 Å². The number of nitrogens with one attached hydrogen (secondary N) is 1. The molecule has 2 aromatic carbocycles. The molecule has 1 N–H and O–H groups in total. The monoisotopic (exact) mass is 336 g/mol. The molecule has 0 heterocycles. The zero-order valence-corrected chi connectivity index (χ0v) is 13.1. The summed E-state index contributed by atoms with van der Waals surface area (Å²) in [6.45, 7) is 1.23. The van der Waals surface area contributed by atoms with Crippen molar-refractivity contribution in [1.82, 2.24) is 0 Å². The lowest BCUT2D eigenvalue weighted by Crippen LogP contribution is -2.11. The van der Waals surface area contributed by atoms with Gasteiger partial charge < -0.3 is 10.1 Å². The molecular formula is C16H12Cl2NO3. The van der Waals surface area contributed by atoms with Crippen LogP contribution in [0.4, 0.5) is 11.4 Å². The van der Waals surface area contributed by atoms with Gasteiger partial charge in [0, 0.05) is 18.2 Å². The maximum Gasteiger partial charge on any atom is 0.303 e. The van der Waals surface area contributed by atoms with Crippen LogP contribution in [0, 0.1) is 0 Å². The minimum atomic E-state index is -1.12. The van der Waals surface area contributed by atoms with Crippen LogP contribution in [0.15, 0.2) is 42.5 Å². The standard InChI is InChI=1S/C16H12Cl2NO3/c1-10(21)22-15(9-20)11-5-2-3-8-14(11)19-16-12(17)6-4-7-13(16)18/h2-8,15,19H,1H3. The Kier molecular flexibility index (Phi) is 5.41. The van der Waals surface area contributed by atoms with E-state index in [2.05, 4.69) is 5.32 Å². The van der Waals surface area contributed by atoms with E-state index in [0.717, 1.165) is 0 Å². The number of carbonyl (C=O) groups excluding carboxylic acids is 2. The van der Waals surface area contributed by atoms with Gasteiger partial charge in [-0.05, 0) is 18.2 Å². The van der Waals surface area contributed by atoms with Crippen LogP contribution in [-0.2, 0) is 14.3 Å². The molecule has 1 atom stereocenters. The summed E-state index contributed by atoms with van der Waals surface area (Å²) in [4.78, 5) is 22.2. The number of hydrogen-bond acceptors (Lipinski definition) is 4. The molecule has 0 aliphatic heterocycles. The van der Waals surface area contributed by atoms with Gasteiger partial charge in [0.05, 0.1) is 15.7 Å². The number of halogens is 2. The third kappa shape index (κ3) is 3.78. The van der Waals surface area contributed by atoms with E-state index in [9.17, 15) is 9.59 Å².